The molecule has 3 aromatic rings. The molecule has 2 aromatic carbocycles. The average molecular weight is 415 g/mol. The number of hydrogen-bond acceptors (Lipinski definition) is 5. The van der Waals surface area contributed by atoms with Crippen LogP contribution in [0.3, 0.4) is 0 Å². The lowest BCUT2D eigenvalue weighted by atomic mass is 10.1. The minimum absolute atomic E-state index is 0.218. The van der Waals surface area contributed by atoms with E-state index in [4.69, 9.17) is 9.47 Å². The lowest BCUT2D eigenvalue weighted by Crippen LogP contribution is -2.30. The van der Waals surface area contributed by atoms with Gasteiger partial charge in [0.25, 0.3) is 5.56 Å². The van der Waals surface area contributed by atoms with Crippen molar-refractivity contribution in [2.75, 3.05) is 6.61 Å². The molecular formula is C24H21N3O4. The first-order chi connectivity index (χ1) is 14.9. The number of H-pyrrole nitrogens is 1. The number of hydrogen-bond donors (Lipinski definition) is 1. The first-order valence-corrected chi connectivity index (χ1v) is 9.88. The van der Waals surface area contributed by atoms with Crippen molar-refractivity contribution in [2.24, 2.45) is 0 Å². The van der Waals surface area contributed by atoms with Crippen molar-refractivity contribution in [3.8, 4) is 23.3 Å². The zero-order valence-corrected chi connectivity index (χ0v) is 17.3. The maximum absolute atomic E-state index is 11.8. The van der Waals surface area contributed by atoms with E-state index in [2.05, 4.69) is 17.1 Å². The molecule has 0 atom stereocenters. The third-order valence-corrected chi connectivity index (χ3v) is 5.02. The third-order valence-electron chi connectivity index (χ3n) is 5.02. The van der Waals surface area contributed by atoms with Gasteiger partial charge in [-0.2, -0.15) is 5.26 Å². The Morgan fingerprint density at radius 3 is 2.65 bits per heavy atom. The fraction of sp³-hybridized carbons (Fsp3) is 0.208. The molecule has 1 aromatic heterocycles. The van der Waals surface area contributed by atoms with E-state index in [0.717, 1.165) is 22.3 Å². The number of rotatable bonds is 6. The number of benzene rings is 2. The minimum atomic E-state index is -0.479. The van der Waals surface area contributed by atoms with Crippen LogP contribution < -0.4 is 20.7 Å². The molecule has 0 bridgehead atoms. The number of nitrogens with zero attached hydrogens (tertiary/aromatic N) is 2. The van der Waals surface area contributed by atoms with Gasteiger partial charge in [-0.25, -0.2) is 4.79 Å². The summed E-state index contributed by atoms with van der Waals surface area (Å²) < 4.78 is 13.5. The molecule has 0 saturated heterocycles. The van der Waals surface area contributed by atoms with Gasteiger partial charge >= 0.3 is 5.69 Å². The van der Waals surface area contributed by atoms with Gasteiger partial charge in [-0.15, -0.1) is 0 Å². The lowest BCUT2D eigenvalue weighted by Gasteiger charge is -2.16. The molecule has 31 heavy (non-hydrogen) atoms. The summed E-state index contributed by atoms with van der Waals surface area (Å²) in [5, 5.41) is 9.27. The van der Waals surface area contributed by atoms with Crippen molar-refractivity contribution in [1.82, 2.24) is 9.55 Å². The molecule has 7 nitrogen and oxygen atoms in total. The summed E-state index contributed by atoms with van der Waals surface area (Å²) in [5.74, 6) is 1.77. The highest BCUT2D eigenvalue weighted by Gasteiger charge is 2.19. The predicted molar refractivity (Wildman–Crippen MR) is 117 cm³/mol. The van der Waals surface area contributed by atoms with Crippen molar-refractivity contribution in [3.05, 3.63) is 91.3 Å². The molecule has 1 aliphatic rings. The first kappa shape index (κ1) is 20.2. The Balaban J connectivity index is 1.57. The van der Waals surface area contributed by atoms with E-state index in [0.29, 0.717) is 29.2 Å². The molecule has 0 aliphatic heterocycles. The number of ether oxygens (including phenoxy) is 2. The monoisotopic (exact) mass is 415 g/mol. The van der Waals surface area contributed by atoms with Crippen molar-refractivity contribution in [2.45, 2.75) is 26.8 Å². The van der Waals surface area contributed by atoms with Crippen LogP contribution in [0.5, 0.6) is 17.2 Å². The smallest absolute Gasteiger partial charge is 0.328 e. The van der Waals surface area contributed by atoms with Crippen molar-refractivity contribution >= 4 is 6.08 Å². The molecular weight excluding hydrogens is 394 g/mol. The normalized spacial score (nSPS) is 12.1. The van der Waals surface area contributed by atoms with E-state index in [1.807, 2.05) is 44.2 Å². The van der Waals surface area contributed by atoms with Gasteiger partial charge in [-0.05, 0) is 54.8 Å². The second-order valence-corrected chi connectivity index (χ2v) is 7.50. The van der Waals surface area contributed by atoms with Crippen LogP contribution in [0.1, 0.15) is 22.3 Å². The third kappa shape index (κ3) is 4.43. The van der Waals surface area contributed by atoms with Crippen LogP contribution in [0.2, 0.25) is 0 Å². The molecule has 1 N–H and O–H groups in total. The highest BCUT2D eigenvalue weighted by atomic mass is 16.5. The second-order valence-electron chi connectivity index (χ2n) is 7.50. The van der Waals surface area contributed by atoms with Gasteiger partial charge in [0.1, 0.15) is 12.4 Å². The van der Waals surface area contributed by atoms with Gasteiger partial charge in [0, 0.05) is 29.8 Å². The van der Waals surface area contributed by atoms with Gasteiger partial charge in [0.05, 0.1) is 12.6 Å². The average Bonchev–Trinajstić information content (AvgIpc) is 3.14. The molecule has 156 valence electrons. The minimum Gasteiger partial charge on any atom is -0.488 e. The summed E-state index contributed by atoms with van der Waals surface area (Å²) >= 11 is 0. The zero-order chi connectivity index (χ0) is 22.0. The Morgan fingerprint density at radius 2 is 1.87 bits per heavy atom. The molecule has 1 heterocycles. The molecule has 4 rings (SSSR count). The van der Waals surface area contributed by atoms with Gasteiger partial charge in [0.15, 0.2) is 11.5 Å². The number of aromatic amines is 1. The maximum Gasteiger partial charge on any atom is 0.328 e. The van der Waals surface area contributed by atoms with E-state index in [1.54, 1.807) is 0 Å². The van der Waals surface area contributed by atoms with Gasteiger partial charge < -0.3 is 9.47 Å². The number of nitrogens with one attached hydrogen (secondary N) is 1. The van der Waals surface area contributed by atoms with Crippen LogP contribution in [0.15, 0.2) is 57.8 Å². The van der Waals surface area contributed by atoms with Crippen LogP contribution in [-0.4, -0.2) is 16.2 Å². The van der Waals surface area contributed by atoms with E-state index in [1.165, 1.54) is 16.8 Å². The fourth-order valence-electron chi connectivity index (χ4n) is 3.54. The number of fused-ring (bicyclic) bond motifs is 1. The van der Waals surface area contributed by atoms with Crippen LogP contribution in [0.25, 0.3) is 6.08 Å². The molecule has 0 saturated carbocycles. The zero-order valence-electron chi connectivity index (χ0n) is 17.3. The Labute approximate surface area is 178 Å². The lowest BCUT2D eigenvalue weighted by molar-refractivity contribution is 0.283. The van der Waals surface area contributed by atoms with E-state index >= 15 is 0 Å². The van der Waals surface area contributed by atoms with E-state index in [9.17, 15) is 14.9 Å². The summed E-state index contributed by atoms with van der Waals surface area (Å²) in [6.07, 6.45) is 3.91. The summed E-state index contributed by atoms with van der Waals surface area (Å²) in [6.45, 7) is 4.44. The van der Waals surface area contributed by atoms with Crippen molar-refractivity contribution < 1.29 is 9.47 Å². The van der Waals surface area contributed by atoms with E-state index in [-0.39, 0.29) is 13.2 Å². The quantitative estimate of drug-likeness (QED) is 0.665. The van der Waals surface area contributed by atoms with Crippen LogP contribution in [0.4, 0.5) is 0 Å². The maximum atomic E-state index is 11.8. The SMILES string of the molecule is Cc1ccc(Oc2cc(C)cc3c2C=C(C#N)C3)c(OCCn2ccc(=O)[nH]c2=O)c1. The highest BCUT2D eigenvalue weighted by Crippen LogP contribution is 2.39. The van der Waals surface area contributed by atoms with Gasteiger partial charge in [-0.1, -0.05) is 12.1 Å². The first-order valence-electron chi connectivity index (χ1n) is 9.88. The molecule has 1 aliphatic carbocycles. The molecule has 7 heteroatoms. The summed E-state index contributed by atoms with van der Waals surface area (Å²) in [7, 11) is 0. The van der Waals surface area contributed by atoms with Crippen molar-refractivity contribution in [3.63, 3.8) is 0 Å². The topological polar surface area (TPSA) is 97.1 Å². The molecule has 0 radical (unpaired) electrons. The Bertz CT molecular complexity index is 1340. The largest absolute Gasteiger partial charge is 0.488 e. The predicted octanol–water partition coefficient (Wildman–Crippen LogP) is 3.49. The van der Waals surface area contributed by atoms with Crippen LogP contribution >= 0.6 is 0 Å². The number of nitriles is 1. The highest BCUT2D eigenvalue weighted by molar-refractivity contribution is 5.73. The number of allylic oxidation sites excluding steroid dienone is 1. The summed E-state index contributed by atoms with van der Waals surface area (Å²) in [5.41, 5.74) is 3.82. The second kappa shape index (κ2) is 8.36. The number of aryl methyl sites for hydroxylation is 2. The molecule has 0 fully saturated rings. The Morgan fingerprint density at radius 1 is 1.06 bits per heavy atom. The van der Waals surface area contributed by atoms with E-state index < -0.39 is 11.2 Å². The van der Waals surface area contributed by atoms with Crippen LogP contribution in [0, 0.1) is 25.2 Å². The van der Waals surface area contributed by atoms with Gasteiger partial charge in [-0.3, -0.25) is 14.3 Å². The standard InChI is InChI=1S/C24H21N3O4/c1-15-3-4-20(22(10-15)30-8-7-27-6-5-23(28)26-24(27)29)31-21-11-16(2)9-18-12-17(14-25)13-19(18)21/h3-6,9-11,13H,7-8,12H2,1-2H3,(H,26,28,29). The summed E-state index contributed by atoms with van der Waals surface area (Å²) in [6, 6.07) is 13.2. The Kier molecular flexibility index (Phi) is 5.46. The fourth-order valence-corrected chi connectivity index (χ4v) is 3.54. The van der Waals surface area contributed by atoms with Crippen LogP contribution in [-0.2, 0) is 13.0 Å². The molecule has 0 spiro atoms. The summed E-state index contributed by atoms with van der Waals surface area (Å²) in [4.78, 5) is 25.3. The van der Waals surface area contributed by atoms with Gasteiger partial charge in [0.2, 0.25) is 0 Å². The number of aromatic nitrogens is 2. The molecule has 0 amide bonds. The Hall–Kier alpha value is -4.05. The van der Waals surface area contributed by atoms with Crippen molar-refractivity contribution in [1.29, 1.82) is 5.26 Å². The molecule has 0 unspecified atom stereocenters.